The fourth-order valence-electron chi connectivity index (χ4n) is 2.95. The van der Waals surface area contributed by atoms with Crippen molar-refractivity contribution < 1.29 is 4.42 Å². The monoisotopic (exact) mass is 341 g/mol. The zero-order valence-corrected chi connectivity index (χ0v) is 13.8. The molecule has 5 rings (SSSR count). The van der Waals surface area contributed by atoms with Crippen LogP contribution in [0.3, 0.4) is 0 Å². The summed E-state index contributed by atoms with van der Waals surface area (Å²) in [5, 5.41) is 8.02. The van der Waals surface area contributed by atoms with Gasteiger partial charge in [0, 0.05) is 6.54 Å². The van der Waals surface area contributed by atoms with Crippen LogP contribution in [0.4, 0.5) is 5.82 Å². The summed E-state index contributed by atoms with van der Waals surface area (Å²) in [7, 11) is 0. The highest BCUT2D eigenvalue weighted by atomic mass is 16.3. The average molecular weight is 341 g/mol. The van der Waals surface area contributed by atoms with E-state index in [9.17, 15) is 0 Å². The predicted octanol–water partition coefficient (Wildman–Crippen LogP) is 4.15. The topological polar surface area (TPSA) is 68.2 Å². The molecular weight excluding hydrogens is 326 g/mol. The van der Waals surface area contributed by atoms with Crippen molar-refractivity contribution in [2.75, 3.05) is 5.32 Å². The molecule has 6 nitrogen and oxygen atoms in total. The second kappa shape index (κ2) is 6.00. The van der Waals surface area contributed by atoms with Gasteiger partial charge in [-0.15, -0.1) is 5.10 Å². The van der Waals surface area contributed by atoms with Crippen LogP contribution in [0.2, 0.25) is 0 Å². The second-order valence-electron chi connectivity index (χ2n) is 5.94. The Morgan fingerprint density at radius 3 is 2.58 bits per heavy atom. The molecule has 26 heavy (non-hydrogen) atoms. The number of nitrogens with zero attached hydrogens (tertiary/aromatic N) is 4. The van der Waals surface area contributed by atoms with Gasteiger partial charge in [-0.05, 0) is 29.8 Å². The van der Waals surface area contributed by atoms with Crippen LogP contribution in [0, 0.1) is 0 Å². The van der Waals surface area contributed by atoms with Gasteiger partial charge in [0.05, 0.1) is 17.3 Å². The third-order valence-electron chi connectivity index (χ3n) is 4.21. The van der Waals surface area contributed by atoms with Gasteiger partial charge in [0.25, 0.3) is 0 Å². The van der Waals surface area contributed by atoms with E-state index in [0.29, 0.717) is 29.6 Å². The summed E-state index contributed by atoms with van der Waals surface area (Å²) in [4.78, 5) is 9.40. The molecule has 0 spiro atoms. The maximum Gasteiger partial charge on any atom is 0.218 e. The lowest BCUT2D eigenvalue weighted by Crippen LogP contribution is -2.05. The Hall–Kier alpha value is -3.67. The van der Waals surface area contributed by atoms with E-state index in [1.807, 2.05) is 59.1 Å². The summed E-state index contributed by atoms with van der Waals surface area (Å²) in [6, 6.07) is 21.7. The lowest BCUT2D eigenvalue weighted by molar-refractivity contribution is 0.577. The van der Waals surface area contributed by atoms with Crippen molar-refractivity contribution in [3.8, 4) is 11.6 Å². The molecule has 3 aromatic heterocycles. The van der Waals surface area contributed by atoms with Crippen molar-refractivity contribution in [2.45, 2.75) is 6.54 Å². The maximum atomic E-state index is 5.45. The van der Waals surface area contributed by atoms with Crippen LogP contribution >= 0.6 is 0 Å². The Morgan fingerprint density at radius 2 is 1.73 bits per heavy atom. The minimum absolute atomic E-state index is 0.538. The molecule has 0 fully saturated rings. The van der Waals surface area contributed by atoms with Crippen LogP contribution in [0.1, 0.15) is 5.56 Å². The lowest BCUT2D eigenvalue weighted by atomic mass is 10.2. The molecule has 1 N–H and O–H groups in total. The van der Waals surface area contributed by atoms with Crippen molar-refractivity contribution in [3.63, 3.8) is 0 Å². The van der Waals surface area contributed by atoms with Crippen molar-refractivity contribution in [2.24, 2.45) is 0 Å². The summed E-state index contributed by atoms with van der Waals surface area (Å²) >= 11 is 0. The summed E-state index contributed by atoms with van der Waals surface area (Å²) in [5.41, 5.74) is 3.60. The van der Waals surface area contributed by atoms with Gasteiger partial charge >= 0.3 is 0 Å². The molecule has 6 heteroatoms. The molecule has 0 radical (unpaired) electrons. The fraction of sp³-hybridized carbons (Fsp3) is 0.0500. The van der Waals surface area contributed by atoms with Crippen LogP contribution in [0.5, 0.6) is 0 Å². The van der Waals surface area contributed by atoms with Gasteiger partial charge < -0.3 is 9.73 Å². The quantitative estimate of drug-likeness (QED) is 0.532. The summed E-state index contributed by atoms with van der Waals surface area (Å²) in [6.07, 6.45) is 1.62. The third kappa shape index (κ3) is 2.48. The molecule has 0 saturated heterocycles. The number of benzene rings is 2. The van der Waals surface area contributed by atoms with Crippen molar-refractivity contribution in [1.29, 1.82) is 0 Å². The van der Waals surface area contributed by atoms with Crippen molar-refractivity contribution in [3.05, 3.63) is 78.6 Å². The number of anilines is 1. The smallest absolute Gasteiger partial charge is 0.218 e. The predicted molar refractivity (Wildman–Crippen MR) is 99.8 cm³/mol. The second-order valence-corrected chi connectivity index (χ2v) is 5.94. The first kappa shape index (κ1) is 14.7. The van der Waals surface area contributed by atoms with Crippen LogP contribution < -0.4 is 5.32 Å². The van der Waals surface area contributed by atoms with E-state index in [1.165, 1.54) is 5.56 Å². The van der Waals surface area contributed by atoms with E-state index in [4.69, 9.17) is 9.40 Å². The number of hydrogen-bond donors (Lipinski definition) is 1. The molecule has 0 unspecified atom stereocenters. The van der Waals surface area contributed by atoms with Crippen LogP contribution in [-0.2, 0) is 6.54 Å². The molecule has 0 bridgehead atoms. The highest BCUT2D eigenvalue weighted by Crippen LogP contribution is 2.24. The zero-order valence-electron chi connectivity index (χ0n) is 13.8. The summed E-state index contributed by atoms with van der Waals surface area (Å²) in [6.45, 7) is 0.658. The van der Waals surface area contributed by atoms with Gasteiger partial charge in [0.1, 0.15) is 0 Å². The standard InChI is InChI=1S/C20H15N5O/c1-2-7-14(8-3-1)13-21-19-20-23-18(17-11-6-12-26-17)24-25(20)16-10-5-4-9-15(16)22-19/h1-12H,13H2,(H,21,22). The van der Waals surface area contributed by atoms with E-state index in [-0.39, 0.29) is 0 Å². The number of para-hydroxylation sites is 2. The molecule has 0 saturated carbocycles. The molecule has 3 heterocycles. The van der Waals surface area contributed by atoms with Gasteiger partial charge in [0.15, 0.2) is 17.2 Å². The highest BCUT2D eigenvalue weighted by molar-refractivity contribution is 5.83. The Labute approximate surface area is 149 Å². The minimum atomic E-state index is 0.538. The van der Waals surface area contributed by atoms with E-state index in [1.54, 1.807) is 6.26 Å². The van der Waals surface area contributed by atoms with Crippen LogP contribution in [0.15, 0.2) is 77.4 Å². The molecule has 0 aliphatic heterocycles. The molecule has 0 aliphatic carbocycles. The molecule has 0 aliphatic rings. The molecular formula is C20H15N5O. The summed E-state index contributed by atoms with van der Waals surface area (Å²) in [5.74, 6) is 1.86. The fourth-order valence-corrected chi connectivity index (χ4v) is 2.95. The average Bonchev–Trinajstić information content (AvgIpc) is 3.36. The zero-order chi connectivity index (χ0) is 17.3. The third-order valence-corrected chi connectivity index (χ3v) is 4.21. The van der Waals surface area contributed by atoms with E-state index in [2.05, 4.69) is 27.5 Å². The normalized spacial score (nSPS) is 11.2. The van der Waals surface area contributed by atoms with Gasteiger partial charge in [0.2, 0.25) is 5.82 Å². The Kier molecular flexibility index (Phi) is 3.38. The molecule has 0 amide bonds. The number of rotatable bonds is 4. The Bertz CT molecular complexity index is 1180. The Morgan fingerprint density at radius 1 is 0.885 bits per heavy atom. The molecule has 0 atom stereocenters. The highest BCUT2D eigenvalue weighted by Gasteiger charge is 2.15. The number of nitrogens with one attached hydrogen (secondary N) is 1. The van der Waals surface area contributed by atoms with Crippen molar-refractivity contribution in [1.82, 2.24) is 19.6 Å². The first-order valence-corrected chi connectivity index (χ1v) is 8.36. The van der Waals surface area contributed by atoms with Crippen molar-refractivity contribution >= 4 is 22.5 Å². The number of furan rings is 1. The van der Waals surface area contributed by atoms with E-state index < -0.39 is 0 Å². The first-order chi connectivity index (χ1) is 12.9. The van der Waals surface area contributed by atoms with Gasteiger partial charge in [-0.2, -0.15) is 0 Å². The van der Waals surface area contributed by atoms with Gasteiger partial charge in [-0.3, -0.25) is 0 Å². The molecule has 5 aromatic rings. The van der Waals surface area contributed by atoms with E-state index in [0.717, 1.165) is 11.0 Å². The number of fused-ring (bicyclic) bond motifs is 3. The lowest BCUT2D eigenvalue weighted by Gasteiger charge is -2.08. The number of hydrogen-bond acceptors (Lipinski definition) is 5. The molecule has 2 aromatic carbocycles. The number of aromatic nitrogens is 4. The summed E-state index contributed by atoms with van der Waals surface area (Å²) < 4.78 is 7.26. The van der Waals surface area contributed by atoms with E-state index >= 15 is 0 Å². The first-order valence-electron chi connectivity index (χ1n) is 8.36. The SMILES string of the molecule is c1ccc(CNc2nc3ccccc3n3nc(-c4ccco4)nc23)cc1. The van der Waals surface area contributed by atoms with Gasteiger partial charge in [-0.1, -0.05) is 42.5 Å². The molecule has 126 valence electrons. The minimum Gasteiger partial charge on any atom is -0.461 e. The van der Waals surface area contributed by atoms with Crippen LogP contribution in [-0.4, -0.2) is 19.6 Å². The van der Waals surface area contributed by atoms with Gasteiger partial charge in [-0.25, -0.2) is 14.5 Å². The Balaban J connectivity index is 1.65. The maximum absolute atomic E-state index is 5.45. The van der Waals surface area contributed by atoms with Crippen LogP contribution in [0.25, 0.3) is 28.3 Å². The largest absolute Gasteiger partial charge is 0.461 e.